The summed E-state index contributed by atoms with van der Waals surface area (Å²) in [7, 11) is 0. The van der Waals surface area contributed by atoms with Gasteiger partial charge in [0.25, 0.3) is 0 Å². The van der Waals surface area contributed by atoms with Gasteiger partial charge in [0.1, 0.15) is 11.4 Å². The number of carbonyl (C=O) groups excluding carboxylic acids is 2. The van der Waals surface area contributed by atoms with Crippen molar-refractivity contribution < 1.29 is 14.3 Å². The van der Waals surface area contributed by atoms with Crippen molar-refractivity contribution in [2.75, 3.05) is 13.1 Å². The van der Waals surface area contributed by atoms with E-state index in [9.17, 15) is 9.59 Å². The lowest BCUT2D eigenvalue weighted by molar-refractivity contribution is -0.117. The Hall–Kier alpha value is -1.06. The minimum absolute atomic E-state index is 0.159. The average molecular weight is 352 g/mol. The molecule has 144 valence electrons. The van der Waals surface area contributed by atoms with Gasteiger partial charge in [-0.3, -0.25) is 0 Å². The van der Waals surface area contributed by atoms with Crippen molar-refractivity contribution in [2.45, 2.75) is 91.1 Å². The van der Waals surface area contributed by atoms with E-state index in [0.29, 0.717) is 5.78 Å². The lowest BCUT2D eigenvalue weighted by Crippen LogP contribution is -2.42. The number of likely N-dealkylation sites (tertiary alicyclic amines) is 1. The van der Waals surface area contributed by atoms with Gasteiger partial charge in [0.2, 0.25) is 0 Å². The van der Waals surface area contributed by atoms with E-state index >= 15 is 0 Å². The molecular weight excluding hydrogens is 314 g/mol. The molecule has 0 aromatic heterocycles. The predicted octanol–water partition coefficient (Wildman–Crippen LogP) is 5.20. The van der Waals surface area contributed by atoms with E-state index in [0.717, 1.165) is 56.5 Å². The fourth-order valence-electron chi connectivity index (χ4n) is 4.44. The van der Waals surface area contributed by atoms with E-state index in [1.54, 1.807) is 6.92 Å². The number of rotatable bonds is 5. The second-order valence-electron chi connectivity index (χ2n) is 9.29. The van der Waals surface area contributed by atoms with Crippen molar-refractivity contribution in [1.29, 1.82) is 0 Å². The standard InChI is InChI=1S/C21H37NO3/c1-16(23)8-9-17-6-5-7-19(14-17)15-18-10-12-22(13-11-18)20(24)25-21(2,3)4/h17-19H,5-15H2,1-4H3. The summed E-state index contributed by atoms with van der Waals surface area (Å²) in [5.41, 5.74) is -0.412. The Kier molecular flexibility index (Phi) is 7.33. The van der Waals surface area contributed by atoms with Crippen LogP contribution >= 0.6 is 0 Å². The normalized spacial score (nSPS) is 25.7. The first kappa shape index (κ1) is 20.3. The molecule has 1 saturated heterocycles. The maximum absolute atomic E-state index is 12.2. The van der Waals surface area contributed by atoms with Crippen molar-refractivity contribution in [2.24, 2.45) is 17.8 Å². The molecule has 1 aliphatic carbocycles. The Morgan fingerprint density at radius 2 is 1.64 bits per heavy atom. The van der Waals surface area contributed by atoms with Crippen LogP contribution in [0.1, 0.15) is 85.5 Å². The number of amides is 1. The molecule has 2 rings (SSSR count). The van der Waals surface area contributed by atoms with E-state index in [2.05, 4.69) is 0 Å². The second kappa shape index (κ2) is 9.05. The Morgan fingerprint density at radius 1 is 1.00 bits per heavy atom. The van der Waals surface area contributed by atoms with Crippen molar-refractivity contribution in [3.8, 4) is 0 Å². The summed E-state index contributed by atoms with van der Waals surface area (Å²) >= 11 is 0. The van der Waals surface area contributed by atoms with Crippen LogP contribution < -0.4 is 0 Å². The van der Waals surface area contributed by atoms with Crippen molar-refractivity contribution >= 4 is 11.9 Å². The van der Waals surface area contributed by atoms with Gasteiger partial charge in [-0.05, 0) is 77.6 Å². The summed E-state index contributed by atoms with van der Waals surface area (Å²) in [6.07, 6.45) is 10.5. The number of ketones is 1. The van der Waals surface area contributed by atoms with Crippen LogP contribution in [0, 0.1) is 17.8 Å². The molecule has 0 aromatic rings. The smallest absolute Gasteiger partial charge is 0.410 e. The van der Waals surface area contributed by atoms with Crippen LogP contribution in [0.15, 0.2) is 0 Å². The third kappa shape index (κ3) is 7.37. The van der Waals surface area contributed by atoms with E-state index in [1.807, 2.05) is 25.7 Å². The third-order valence-corrected chi connectivity index (χ3v) is 5.73. The summed E-state index contributed by atoms with van der Waals surface area (Å²) in [4.78, 5) is 25.2. The zero-order valence-electron chi connectivity index (χ0n) is 16.7. The molecular formula is C21H37NO3. The van der Waals surface area contributed by atoms with Gasteiger partial charge in [0, 0.05) is 19.5 Å². The molecule has 0 spiro atoms. The minimum atomic E-state index is -0.412. The Morgan fingerprint density at radius 3 is 2.24 bits per heavy atom. The van der Waals surface area contributed by atoms with Gasteiger partial charge in [0.05, 0.1) is 0 Å². The van der Waals surface area contributed by atoms with Gasteiger partial charge < -0.3 is 14.4 Å². The summed E-state index contributed by atoms with van der Waals surface area (Å²) in [5.74, 6) is 2.65. The highest BCUT2D eigenvalue weighted by molar-refractivity contribution is 5.75. The molecule has 2 fully saturated rings. The molecule has 1 saturated carbocycles. The summed E-state index contributed by atoms with van der Waals surface area (Å²) < 4.78 is 5.48. The quantitative estimate of drug-likeness (QED) is 0.684. The van der Waals surface area contributed by atoms with Crippen LogP contribution in [-0.4, -0.2) is 35.5 Å². The molecule has 1 amide bonds. The van der Waals surface area contributed by atoms with Gasteiger partial charge in [-0.25, -0.2) is 4.79 Å². The number of ether oxygens (including phenoxy) is 1. The molecule has 4 nitrogen and oxygen atoms in total. The van der Waals surface area contributed by atoms with Gasteiger partial charge >= 0.3 is 6.09 Å². The largest absolute Gasteiger partial charge is 0.444 e. The van der Waals surface area contributed by atoms with Crippen molar-refractivity contribution in [3.05, 3.63) is 0 Å². The SMILES string of the molecule is CC(=O)CCC1CCCC(CC2CCN(C(=O)OC(C)(C)C)CC2)C1. The molecule has 0 radical (unpaired) electrons. The van der Waals surface area contributed by atoms with Gasteiger partial charge in [-0.2, -0.15) is 0 Å². The topological polar surface area (TPSA) is 46.6 Å². The number of carbonyl (C=O) groups is 2. The zero-order chi connectivity index (χ0) is 18.4. The third-order valence-electron chi connectivity index (χ3n) is 5.73. The maximum atomic E-state index is 12.2. The first-order valence-electron chi connectivity index (χ1n) is 10.2. The molecule has 2 atom stereocenters. The van der Waals surface area contributed by atoms with E-state index in [4.69, 9.17) is 4.74 Å². The number of hydrogen-bond donors (Lipinski definition) is 0. The van der Waals surface area contributed by atoms with E-state index < -0.39 is 5.60 Å². The average Bonchev–Trinajstić information content (AvgIpc) is 2.52. The molecule has 1 heterocycles. The highest BCUT2D eigenvalue weighted by Gasteiger charge is 2.29. The molecule has 0 bridgehead atoms. The molecule has 4 heteroatoms. The van der Waals surface area contributed by atoms with Gasteiger partial charge in [-0.15, -0.1) is 0 Å². The Bertz CT molecular complexity index is 447. The molecule has 0 N–H and O–H groups in total. The van der Waals surface area contributed by atoms with Crippen LogP contribution in [0.4, 0.5) is 4.79 Å². The molecule has 25 heavy (non-hydrogen) atoms. The van der Waals surface area contributed by atoms with Crippen molar-refractivity contribution in [3.63, 3.8) is 0 Å². The van der Waals surface area contributed by atoms with E-state index in [1.165, 1.54) is 32.1 Å². The highest BCUT2D eigenvalue weighted by Crippen LogP contribution is 2.37. The first-order chi connectivity index (χ1) is 11.7. The zero-order valence-corrected chi connectivity index (χ0v) is 16.7. The summed E-state index contributed by atoms with van der Waals surface area (Å²) in [6.45, 7) is 9.13. The van der Waals surface area contributed by atoms with Crippen LogP contribution in [0.25, 0.3) is 0 Å². The number of hydrogen-bond acceptors (Lipinski definition) is 3. The summed E-state index contributed by atoms with van der Waals surface area (Å²) in [6, 6.07) is 0. The highest BCUT2D eigenvalue weighted by atomic mass is 16.6. The fraction of sp³-hybridized carbons (Fsp3) is 0.905. The number of piperidine rings is 1. The van der Waals surface area contributed by atoms with Crippen LogP contribution in [0.2, 0.25) is 0 Å². The Labute approximate surface area is 153 Å². The predicted molar refractivity (Wildman–Crippen MR) is 101 cm³/mol. The molecule has 2 aliphatic rings. The van der Waals surface area contributed by atoms with E-state index in [-0.39, 0.29) is 6.09 Å². The monoisotopic (exact) mass is 351 g/mol. The lowest BCUT2D eigenvalue weighted by Gasteiger charge is -2.36. The minimum Gasteiger partial charge on any atom is -0.444 e. The second-order valence-corrected chi connectivity index (χ2v) is 9.29. The number of Topliss-reactive ketones (excluding diaryl/α,β-unsaturated/α-hetero) is 1. The first-order valence-corrected chi connectivity index (χ1v) is 10.2. The molecule has 2 unspecified atom stereocenters. The van der Waals surface area contributed by atoms with Crippen molar-refractivity contribution in [1.82, 2.24) is 4.90 Å². The van der Waals surface area contributed by atoms with Crippen LogP contribution in [0.3, 0.4) is 0 Å². The maximum Gasteiger partial charge on any atom is 0.410 e. The van der Waals surface area contributed by atoms with Crippen LogP contribution in [-0.2, 0) is 9.53 Å². The van der Waals surface area contributed by atoms with Gasteiger partial charge in [0.15, 0.2) is 0 Å². The fourth-order valence-corrected chi connectivity index (χ4v) is 4.44. The number of nitrogens with zero attached hydrogens (tertiary/aromatic N) is 1. The molecule has 1 aliphatic heterocycles. The lowest BCUT2D eigenvalue weighted by atomic mass is 9.74. The molecule has 0 aromatic carbocycles. The van der Waals surface area contributed by atoms with Crippen LogP contribution in [0.5, 0.6) is 0 Å². The van der Waals surface area contributed by atoms with Gasteiger partial charge in [-0.1, -0.05) is 19.3 Å². The summed E-state index contributed by atoms with van der Waals surface area (Å²) in [5, 5.41) is 0. The Balaban J connectivity index is 1.70.